The summed E-state index contributed by atoms with van der Waals surface area (Å²) in [6, 6.07) is 17.0. The molecule has 2 aliphatic rings. The monoisotopic (exact) mass is 495 g/mol. The molecule has 1 saturated heterocycles. The fourth-order valence-corrected chi connectivity index (χ4v) is 4.92. The highest BCUT2D eigenvalue weighted by atomic mass is 79.9. The van der Waals surface area contributed by atoms with E-state index in [1.807, 2.05) is 30.3 Å². The van der Waals surface area contributed by atoms with E-state index in [0.717, 1.165) is 51.0 Å². The quantitative estimate of drug-likeness (QED) is 0.383. The summed E-state index contributed by atoms with van der Waals surface area (Å²) in [5.74, 6) is 0.779. The van der Waals surface area contributed by atoms with Crippen molar-refractivity contribution in [2.24, 2.45) is 0 Å². The Morgan fingerprint density at radius 1 is 1.19 bits per heavy atom. The van der Waals surface area contributed by atoms with E-state index in [4.69, 9.17) is 9.47 Å². The van der Waals surface area contributed by atoms with Gasteiger partial charge in [-0.1, -0.05) is 40.2 Å². The molecule has 2 heterocycles. The Bertz CT molecular complexity index is 1210. The highest BCUT2D eigenvalue weighted by Gasteiger charge is 2.34. The van der Waals surface area contributed by atoms with Crippen LogP contribution in [0.4, 0.5) is 11.4 Å². The largest absolute Gasteiger partial charge is 0.489 e. The second kappa shape index (κ2) is 8.90. The number of halogens is 1. The number of benzene rings is 3. The van der Waals surface area contributed by atoms with Gasteiger partial charge >= 0.3 is 0 Å². The second-order valence-electron chi connectivity index (χ2n) is 7.80. The lowest BCUT2D eigenvalue weighted by Gasteiger charge is -2.32. The molecule has 1 fully saturated rings. The third kappa shape index (κ3) is 4.09. The van der Waals surface area contributed by atoms with Crippen LogP contribution in [0.5, 0.6) is 5.75 Å². The maximum atomic E-state index is 11.3. The molecule has 8 heteroatoms. The number of fused-ring (bicyclic) bond motifs is 2. The van der Waals surface area contributed by atoms with Crippen LogP contribution >= 0.6 is 15.9 Å². The van der Waals surface area contributed by atoms with Crippen molar-refractivity contribution in [1.29, 1.82) is 0 Å². The van der Waals surface area contributed by atoms with Gasteiger partial charge in [-0.05, 0) is 35.0 Å². The molecule has 164 valence electrons. The molecule has 7 nitrogen and oxygen atoms in total. The fraction of sp³-hybridized carbons (Fsp3) is 0.250. The number of nitro groups is 1. The molecule has 32 heavy (non-hydrogen) atoms. The number of hydrogen-bond acceptors (Lipinski definition) is 6. The minimum absolute atomic E-state index is 0.0826. The van der Waals surface area contributed by atoms with E-state index in [-0.39, 0.29) is 16.7 Å². The first-order chi connectivity index (χ1) is 15.6. The molecule has 1 atom stereocenters. The summed E-state index contributed by atoms with van der Waals surface area (Å²) in [6.45, 7) is 3.21. The van der Waals surface area contributed by atoms with Crippen molar-refractivity contribution in [2.75, 3.05) is 38.2 Å². The Hall–Kier alpha value is -2.94. The van der Waals surface area contributed by atoms with Crippen LogP contribution < -0.4 is 10.1 Å². The van der Waals surface area contributed by atoms with E-state index in [9.17, 15) is 10.1 Å². The van der Waals surface area contributed by atoms with Crippen LogP contribution in [-0.4, -0.2) is 42.7 Å². The number of rotatable bonds is 5. The van der Waals surface area contributed by atoms with Gasteiger partial charge in [0.25, 0.3) is 5.69 Å². The number of nitrogens with one attached hydrogen (secondary N) is 1. The lowest BCUT2D eigenvalue weighted by Crippen LogP contribution is -2.39. The second-order valence-corrected chi connectivity index (χ2v) is 8.66. The number of ether oxygens (including phenoxy) is 2. The molecule has 2 aliphatic heterocycles. The summed E-state index contributed by atoms with van der Waals surface area (Å²) in [4.78, 5) is 13.3. The zero-order valence-electron chi connectivity index (χ0n) is 17.3. The molecule has 1 N–H and O–H groups in total. The normalized spacial score (nSPS) is 19.7. The van der Waals surface area contributed by atoms with Gasteiger partial charge in [0.05, 0.1) is 24.2 Å². The summed E-state index contributed by atoms with van der Waals surface area (Å²) < 4.78 is 12.6. The Morgan fingerprint density at radius 3 is 2.81 bits per heavy atom. The summed E-state index contributed by atoms with van der Waals surface area (Å²) in [6.07, 6.45) is 2.02. The van der Waals surface area contributed by atoms with Crippen LogP contribution in [0.15, 0.2) is 70.8 Å². The smallest absolute Gasteiger partial charge is 0.269 e. The average Bonchev–Trinajstić information content (AvgIpc) is 3.17. The number of hydrogen-bond donors (Lipinski definition) is 1. The average molecular weight is 496 g/mol. The molecule has 0 radical (unpaired) electrons. The van der Waals surface area contributed by atoms with Gasteiger partial charge < -0.3 is 14.8 Å². The fourth-order valence-electron chi connectivity index (χ4n) is 4.34. The molecular weight excluding hydrogens is 474 g/mol. The predicted octanol–water partition coefficient (Wildman–Crippen LogP) is 5.27. The minimum Gasteiger partial charge on any atom is -0.489 e. The number of non-ortho nitro benzene ring substituents is 1. The molecule has 0 amide bonds. The number of anilines is 1. The molecule has 0 saturated carbocycles. The first-order valence-corrected chi connectivity index (χ1v) is 11.3. The van der Waals surface area contributed by atoms with Crippen LogP contribution in [0.1, 0.15) is 11.6 Å². The Balaban J connectivity index is 1.40. The van der Waals surface area contributed by atoms with E-state index >= 15 is 0 Å². The third-order valence-corrected chi connectivity index (χ3v) is 6.52. The van der Waals surface area contributed by atoms with Gasteiger partial charge in [0.1, 0.15) is 12.4 Å². The van der Waals surface area contributed by atoms with Crippen LogP contribution in [0.25, 0.3) is 10.8 Å². The van der Waals surface area contributed by atoms with Gasteiger partial charge in [-0.3, -0.25) is 15.0 Å². The van der Waals surface area contributed by atoms with Crippen molar-refractivity contribution in [3.63, 3.8) is 0 Å². The molecule has 3 aromatic rings. The first kappa shape index (κ1) is 20.9. The van der Waals surface area contributed by atoms with Crippen LogP contribution in [0.2, 0.25) is 0 Å². The third-order valence-electron chi connectivity index (χ3n) is 5.86. The van der Waals surface area contributed by atoms with Crippen molar-refractivity contribution in [1.82, 2.24) is 4.90 Å². The topological polar surface area (TPSA) is 76.9 Å². The van der Waals surface area contributed by atoms with E-state index in [1.165, 1.54) is 6.07 Å². The van der Waals surface area contributed by atoms with Gasteiger partial charge in [0.15, 0.2) is 0 Å². The van der Waals surface area contributed by atoms with Crippen LogP contribution in [0.3, 0.4) is 0 Å². The molecule has 0 aliphatic carbocycles. The minimum atomic E-state index is -0.348. The maximum Gasteiger partial charge on any atom is 0.269 e. The van der Waals surface area contributed by atoms with E-state index in [2.05, 4.69) is 38.3 Å². The van der Waals surface area contributed by atoms with Gasteiger partial charge in [-0.15, -0.1) is 0 Å². The highest BCUT2D eigenvalue weighted by Crippen LogP contribution is 2.42. The summed E-state index contributed by atoms with van der Waals surface area (Å²) in [5.41, 5.74) is 2.89. The van der Waals surface area contributed by atoms with E-state index < -0.39 is 0 Å². The number of nitro benzene ring substituents is 1. The van der Waals surface area contributed by atoms with Crippen molar-refractivity contribution >= 4 is 38.1 Å². The van der Waals surface area contributed by atoms with Crippen LogP contribution in [-0.2, 0) is 4.74 Å². The molecular formula is C24H22BrN3O4. The molecule has 0 aromatic heterocycles. The summed E-state index contributed by atoms with van der Waals surface area (Å²) in [7, 11) is 0. The first-order valence-electron chi connectivity index (χ1n) is 10.5. The van der Waals surface area contributed by atoms with Crippen LogP contribution in [0, 0.1) is 10.1 Å². The molecule has 1 unspecified atom stereocenters. The summed E-state index contributed by atoms with van der Waals surface area (Å²) >= 11 is 3.62. The maximum absolute atomic E-state index is 11.3. The molecule has 0 spiro atoms. The summed E-state index contributed by atoms with van der Waals surface area (Å²) in [5, 5.41) is 17.0. The molecule has 0 bridgehead atoms. The zero-order valence-corrected chi connectivity index (χ0v) is 18.9. The lowest BCUT2D eigenvalue weighted by atomic mass is 10.0. The number of morpholine rings is 1. The highest BCUT2D eigenvalue weighted by molar-refractivity contribution is 9.10. The van der Waals surface area contributed by atoms with Crippen molar-refractivity contribution in [3.8, 4) is 5.75 Å². The van der Waals surface area contributed by atoms with Crippen molar-refractivity contribution in [2.45, 2.75) is 6.04 Å². The van der Waals surface area contributed by atoms with E-state index in [0.29, 0.717) is 19.8 Å². The number of nitrogens with zero attached hydrogens (tertiary/aromatic N) is 2. The predicted molar refractivity (Wildman–Crippen MR) is 127 cm³/mol. The van der Waals surface area contributed by atoms with Gasteiger partial charge in [-0.25, -0.2) is 0 Å². The lowest BCUT2D eigenvalue weighted by molar-refractivity contribution is -0.384. The van der Waals surface area contributed by atoms with Crippen molar-refractivity contribution < 1.29 is 14.4 Å². The Morgan fingerprint density at radius 2 is 2.00 bits per heavy atom. The van der Waals surface area contributed by atoms with Crippen molar-refractivity contribution in [3.05, 3.63) is 86.5 Å². The molecule has 5 rings (SSSR count). The van der Waals surface area contributed by atoms with Gasteiger partial charge in [0.2, 0.25) is 0 Å². The van der Waals surface area contributed by atoms with E-state index in [1.54, 1.807) is 12.1 Å². The zero-order chi connectivity index (χ0) is 22.1. The SMILES string of the molecule is O=[N+]([O-])c1ccc2c(c1)C(N1CCOCC1)C(=CCOc1cc(Br)c3ccccc3c1)N2. The van der Waals surface area contributed by atoms with Gasteiger partial charge in [-0.2, -0.15) is 0 Å². The Kier molecular flexibility index (Phi) is 5.82. The van der Waals surface area contributed by atoms with Gasteiger partial charge in [0, 0.05) is 46.6 Å². The standard InChI is InChI=1S/C24H22BrN3O4/c25-21-15-18(13-16-3-1-2-4-19(16)21)32-10-7-23-24(27-8-11-31-12-9-27)20-14-17(28(29)30)5-6-22(20)26-23/h1-7,13-15,24,26H,8-12H2. The molecule has 3 aromatic carbocycles. The Labute approximate surface area is 193 Å².